The van der Waals surface area contributed by atoms with E-state index in [0.29, 0.717) is 12.3 Å². The Balaban J connectivity index is 2.19. The maximum absolute atomic E-state index is 10.7. The van der Waals surface area contributed by atoms with Gasteiger partial charge in [0.1, 0.15) is 11.9 Å². The minimum absolute atomic E-state index is 0.279. The Morgan fingerprint density at radius 1 is 1.36 bits per heavy atom. The molecule has 11 heavy (non-hydrogen) atoms. The molecule has 1 saturated carbocycles. The number of halogens is 1. The molecule has 0 saturated heterocycles. The Morgan fingerprint density at radius 3 is 2.55 bits per heavy atom. The highest BCUT2D eigenvalue weighted by atomic mass is 35.5. The standard InChI is InChI=1S/C8H13ClO2/c9-11-8(10)6-7-4-2-1-3-5-7/h7H,1-6H2. The van der Waals surface area contributed by atoms with Crippen LogP contribution in [0, 0.1) is 5.92 Å². The first-order chi connectivity index (χ1) is 5.33. The second-order valence-electron chi connectivity index (χ2n) is 3.16. The fourth-order valence-corrected chi connectivity index (χ4v) is 1.72. The van der Waals surface area contributed by atoms with E-state index in [1.807, 2.05) is 0 Å². The van der Waals surface area contributed by atoms with Crippen LogP contribution in [0.15, 0.2) is 0 Å². The van der Waals surface area contributed by atoms with Crippen LogP contribution in [0.4, 0.5) is 0 Å². The molecule has 0 radical (unpaired) electrons. The maximum Gasteiger partial charge on any atom is 0.325 e. The lowest BCUT2D eigenvalue weighted by atomic mass is 9.87. The predicted molar refractivity (Wildman–Crippen MR) is 43.1 cm³/mol. The summed E-state index contributed by atoms with van der Waals surface area (Å²) in [5.74, 6) is 0.244. The molecule has 0 spiro atoms. The summed E-state index contributed by atoms with van der Waals surface area (Å²) in [7, 11) is 0. The summed E-state index contributed by atoms with van der Waals surface area (Å²) in [6.07, 6.45) is 6.63. The highest BCUT2D eigenvalue weighted by Gasteiger charge is 2.17. The first-order valence-corrected chi connectivity index (χ1v) is 4.45. The number of hydrogen-bond donors (Lipinski definition) is 0. The Hall–Kier alpha value is -0.240. The van der Waals surface area contributed by atoms with Crippen LogP contribution in [-0.4, -0.2) is 5.97 Å². The number of carbonyl (C=O) groups is 1. The van der Waals surface area contributed by atoms with Crippen molar-refractivity contribution in [2.24, 2.45) is 5.92 Å². The molecule has 64 valence electrons. The molecule has 0 atom stereocenters. The zero-order chi connectivity index (χ0) is 8.10. The van der Waals surface area contributed by atoms with Gasteiger partial charge in [-0.3, -0.25) is 4.79 Å². The second kappa shape index (κ2) is 4.60. The van der Waals surface area contributed by atoms with Crippen molar-refractivity contribution in [1.29, 1.82) is 0 Å². The molecule has 0 aromatic heterocycles. The largest absolute Gasteiger partial charge is 0.348 e. The van der Waals surface area contributed by atoms with Crippen molar-refractivity contribution in [2.45, 2.75) is 38.5 Å². The quantitative estimate of drug-likeness (QED) is 0.647. The molecule has 1 aliphatic rings. The molecular formula is C8H13ClO2. The third kappa shape index (κ3) is 3.10. The van der Waals surface area contributed by atoms with Crippen molar-refractivity contribution in [3.63, 3.8) is 0 Å². The summed E-state index contributed by atoms with van der Waals surface area (Å²) in [6, 6.07) is 0. The third-order valence-electron chi connectivity index (χ3n) is 2.27. The van der Waals surface area contributed by atoms with Crippen molar-refractivity contribution in [1.82, 2.24) is 0 Å². The molecule has 2 nitrogen and oxygen atoms in total. The summed E-state index contributed by atoms with van der Waals surface area (Å²) in [5, 5.41) is 0. The van der Waals surface area contributed by atoms with Crippen LogP contribution in [0.3, 0.4) is 0 Å². The average molecular weight is 177 g/mol. The Labute approximate surface area is 72.0 Å². The third-order valence-corrected chi connectivity index (χ3v) is 2.44. The predicted octanol–water partition coefficient (Wildman–Crippen LogP) is 2.65. The van der Waals surface area contributed by atoms with Gasteiger partial charge in [-0.05, 0) is 18.8 Å². The van der Waals surface area contributed by atoms with E-state index in [1.54, 1.807) is 0 Å². The molecule has 1 rings (SSSR count). The lowest BCUT2D eigenvalue weighted by Crippen LogP contribution is -2.11. The highest BCUT2D eigenvalue weighted by Crippen LogP contribution is 2.26. The van der Waals surface area contributed by atoms with Gasteiger partial charge >= 0.3 is 5.97 Å². The molecule has 1 aliphatic carbocycles. The van der Waals surface area contributed by atoms with Crippen molar-refractivity contribution in [3.8, 4) is 0 Å². The minimum Gasteiger partial charge on any atom is -0.348 e. The molecule has 0 heterocycles. The molecule has 0 bridgehead atoms. The van der Waals surface area contributed by atoms with Gasteiger partial charge in [0, 0.05) is 6.42 Å². The van der Waals surface area contributed by atoms with E-state index < -0.39 is 0 Å². The van der Waals surface area contributed by atoms with Crippen LogP contribution < -0.4 is 0 Å². The van der Waals surface area contributed by atoms with Crippen molar-refractivity contribution in [3.05, 3.63) is 0 Å². The number of hydrogen-bond acceptors (Lipinski definition) is 2. The van der Waals surface area contributed by atoms with E-state index in [-0.39, 0.29) is 5.97 Å². The topological polar surface area (TPSA) is 26.3 Å². The molecule has 0 amide bonds. The summed E-state index contributed by atoms with van der Waals surface area (Å²) in [5.41, 5.74) is 0. The highest BCUT2D eigenvalue weighted by molar-refractivity contribution is 6.13. The Bertz CT molecular complexity index is 130. The smallest absolute Gasteiger partial charge is 0.325 e. The normalized spacial score (nSPS) is 19.7. The summed E-state index contributed by atoms with van der Waals surface area (Å²) >= 11 is 4.92. The van der Waals surface area contributed by atoms with Crippen molar-refractivity contribution >= 4 is 17.8 Å². The van der Waals surface area contributed by atoms with Crippen LogP contribution in [-0.2, 0) is 9.08 Å². The fourth-order valence-electron chi connectivity index (χ4n) is 1.66. The van der Waals surface area contributed by atoms with Gasteiger partial charge < -0.3 is 4.29 Å². The fraction of sp³-hybridized carbons (Fsp3) is 0.875. The molecule has 0 N–H and O–H groups in total. The molecule has 0 aliphatic heterocycles. The van der Waals surface area contributed by atoms with Crippen LogP contribution in [0.5, 0.6) is 0 Å². The Kier molecular flexibility index (Phi) is 3.70. The summed E-state index contributed by atoms with van der Waals surface area (Å²) in [4.78, 5) is 10.7. The van der Waals surface area contributed by atoms with Crippen molar-refractivity contribution < 1.29 is 9.08 Å². The maximum atomic E-state index is 10.7. The van der Waals surface area contributed by atoms with Crippen LogP contribution >= 0.6 is 11.9 Å². The molecule has 0 unspecified atom stereocenters. The van der Waals surface area contributed by atoms with Gasteiger partial charge in [-0.15, -0.1) is 0 Å². The zero-order valence-corrected chi connectivity index (χ0v) is 7.27. The lowest BCUT2D eigenvalue weighted by molar-refractivity contribution is -0.135. The second-order valence-corrected chi connectivity index (χ2v) is 3.31. The van der Waals surface area contributed by atoms with Gasteiger partial charge in [0.15, 0.2) is 0 Å². The van der Waals surface area contributed by atoms with Gasteiger partial charge in [0.25, 0.3) is 0 Å². The van der Waals surface area contributed by atoms with Crippen LogP contribution in [0.25, 0.3) is 0 Å². The van der Waals surface area contributed by atoms with E-state index in [4.69, 9.17) is 11.9 Å². The molecule has 0 aromatic rings. The summed E-state index contributed by atoms with van der Waals surface area (Å²) < 4.78 is 4.09. The van der Waals surface area contributed by atoms with Gasteiger partial charge in [-0.25, -0.2) is 0 Å². The van der Waals surface area contributed by atoms with Gasteiger partial charge in [-0.1, -0.05) is 19.3 Å². The van der Waals surface area contributed by atoms with Gasteiger partial charge in [0.2, 0.25) is 0 Å². The zero-order valence-electron chi connectivity index (χ0n) is 6.51. The minimum atomic E-state index is -0.279. The van der Waals surface area contributed by atoms with E-state index in [0.717, 1.165) is 12.8 Å². The summed E-state index contributed by atoms with van der Waals surface area (Å²) in [6.45, 7) is 0. The number of carbonyl (C=O) groups excluding carboxylic acids is 1. The monoisotopic (exact) mass is 176 g/mol. The lowest BCUT2D eigenvalue weighted by Gasteiger charge is -2.19. The number of rotatable bonds is 2. The van der Waals surface area contributed by atoms with Crippen LogP contribution in [0.1, 0.15) is 38.5 Å². The van der Waals surface area contributed by atoms with E-state index in [1.165, 1.54) is 19.3 Å². The molecule has 0 aromatic carbocycles. The average Bonchev–Trinajstić information content (AvgIpc) is 2.06. The molecule has 1 fully saturated rings. The van der Waals surface area contributed by atoms with E-state index in [2.05, 4.69) is 4.29 Å². The van der Waals surface area contributed by atoms with Crippen LogP contribution in [0.2, 0.25) is 0 Å². The molecule has 3 heteroatoms. The SMILES string of the molecule is O=C(CC1CCCCC1)OCl. The van der Waals surface area contributed by atoms with Gasteiger partial charge in [-0.2, -0.15) is 0 Å². The van der Waals surface area contributed by atoms with E-state index >= 15 is 0 Å². The first kappa shape index (κ1) is 8.85. The first-order valence-electron chi connectivity index (χ1n) is 4.14. The van der Waals surface area contributed by atoms with E-state index in [9.17, 15) is 4.79 Å². The van der Waals surface area contributed by atoms with Crippen molar-refractivity contribution in [2.75, 3.05) is 0 Å². The van der Waals surface area contributed by atoms with Gasteiger partial charge in [0.05, 0.1) is 0 Å². The molecular weight excluding hydrogens is 164 g/mol. The Morgan fingerprint density at radius 2 is 2.00 bits per heavy atom.